The summed E-state index contributed by atoms with van der Waals surface area (Å²) >= 11 is 1.80. The van der Waals surface area contributed by atoms with E-state index in [1.165, 1.54) is 17.7 Å². The molecule has 0 aliphatic heterocycles. The van der Waals surface area contributed by atoms with Crippen molar-refractivity contribution in [3.8, 4) is 0 Å². The lowest BCUT2D eigenvalue weighted by molar-refractivity contribution is -0.120. The van der Waals surface area contributed by atoms with Crippen molar-refractivity contribution in [1.29, 1.82) is 0 Å². The molecular formula is C16H17NOS. The van der Waals surface area contributed by atoms with E-state index in [1.54, 1.807) is 11.3 Å². The van der Waals surface area contributed by atoms with Gasteiger partial charge in [-0.3, -0.25) is 4.79 Å². The van der Waals surface area contributed by atoms with Gasteiger partial charge >= 0.3 is 0 Å². The lowest BCUT2D eigenvalue weighted by atomic mass is 10.1. The van der Waals surface area contributed by atoms with Crippen LogP contribution in [0.15, 0.2) is 47.8 Å². The van der Waals surface area contributed by atoms with Gasteiger partial charge in [-0.1, -0.05) is 36.4 Å². The van der Waals surface area contributed by atoms with Crippen molar-refractivity contribution in [1.82, 2.24) is 5.32 Å². The molecule has 3 rings (SSSR count). The van der Waals surface area contributed by atoms with Crippen LogP contribution in [0.2, 0.25) is 0 Å². The highest BCUT2D eigenvalue weighted by Gasteiger charge is 2.45. The van der Waals surface area contributed by atoms with E-state index in [1.807, 2.05) is 30.3 Å². The minimum Gasteiger partial charge on any atom is -0.355 e. The maximum absolute atomic E-state index is 11.9. The van der Waals surface area contributed by atoms with Crippen molar-refractivity contribution in [3.63, 3.8) is 0 Å². The van der Waals surface area contributed by atoms with Crippen LogP contribution < -0.4 is 5.32 Å². The zero-order valence-electron chi connectivity index (χ0n) is 10.8. The predicted molar refractivity (Wildman–Crippen MR) is 78.4 cm³/mol. The Balaban J connectivity index is 1.54. The molecular weight excluding hydrogens is 254 g/mol. The summed E-state index contributed by atoms with van der Waals surface area (Å²) in [6.07, 6.45) is 2.86. The largest absolute Gasteiger partial charge is 0.355 e. The Morgan fingerprint density at radius 2 is 1.95 bits per heavy atom. The summed E-state index contributed by atoms with van der Waals surface area (Å²) in [5.41, 5.74) is 1.31. The molecule has 2 nitrogen and oxygen atoms in total. The summed E-state index contributed by atoms with van der Waals surface area (Å²) in [4.78, 5) is 13.4. The van der Waals surface area contributed by atoms with Gasteiger partial charge in [0.05, 0.1) is 6.42 Å². The number of hydrogen-bond donors (Lipinski definition) is 1. The molecule has 19 heavy (non-hydrogen) atoms. The topological polar surface area (TPSA) is 29.1 Å². The number of thiophene rings is 1. The molecule has 0 radical (unpaired) electrons. The molecule has 98 valence electrons. The third kappa shape index (κ3) is 2.87. The molecule has 1 aliphatic carbocycles. The van der Waals surface area contributed by atoms with Crippen molar-refractivity contribution in [2.24, 2.45) is 0 Å². The molecule has 1 aromatic carbocycles. The summed E-state index contributed by atoms with van der Waals surface area (Å²) in [6.45, 7) is 0.777. The summed E-state index contributed by atoms with van der Waals surface area (Å²) in [5, 5.41) is 5.20. The van der Waals surface area contributed by atoms with Crippen molar-refractivity contribution in [2.75, 3.05) is 6.54 Å². The maximum atomic E-state index is 11.9. The zero-order chi connectivity index (χ0) is 13.1. The van der Waals surface area contributed by atoms with Gasteiger partial charge in [0.2, 0.25) is 5.91 Å². The van der Waals surface area contributed by atoms with Crippen molar-refractivity contribution in [3.05, 3.63) is 58.3 Å². The average Bonchev–Trinajstić information content (AvgIpc) is 3.01. The lowest BCUT2D eigenvalue weighted by Gasteiger charge is -2.14. The Kier molecular flexibility index (Phi) is 3.38. The van der Waals surface area contributed by atoms with E-state index in [9.17, 15) is 4.79 Å². The minimum absolute atomic E-state index is 0.119. The van der Waals surface area contributed by atoms with Gasteiger partial charge < -0.3 is 5.32 Å². The van der Waals surface area contributed by atoms with Crippen LogP contribution in [0, 0.1) is 0 Å². The molecule has 1 fully saturated rings. The van der Waals surface area contributed by atoms with Crippen LogP contribution in [0.3, 0.4) is 0 Å². The van der Waals surface area contributed by atoms with Gasteiger partial charge in [-0.05, 0) is 29.9 Å². The highest BCUT2D eigenvalue weighted by molar-refractivity contribution is 7.10. The Morgan fingerprint density at radius 1 is 1.16 bits per heavy atom. The van der Waals surface area contributed by atoms with Crippen LogP contribution in [0.4, 0.5) is 0 Å². The Bertz CT molecular complexity index is 543. The summed E-state index contributed by atoms with van der Waals surface area (Å²) in [5.74, 6) is 0.119. The fourth-order valence-corrected chi connectivity index (χ4v) is 3.34. The molecule has 1 aromatic heterocycles. The van der Waals surface area contributed by atoms with E-state index >= 15 is 0 Å². The van der Waals surface area contributed by atoms with Crippen molar-refractivity contribution >= 4 is 17.2 Å². The summed E-state index contributed by atoms with van der Waals surface area (Å²) < 4.78 is 0. The third-order valence-corrected chi connectivity index (χ3v) is 4.85. The number of carbonyl (C=O) groups is 1. The van der Waals surface area contributed by atoms with Crippen molar-refractivity contribution < 1.29 is 4.79 Å². The number of nitrogens with one attached hydrogen (secondary N) is 1. The maximum Gasteiger partial charge on any atom is 0.224 e. The number of benzene rings is 1. The second kappa shape index (κ2) is 5.17. The highest BCUT2D eigenvalue weighted by atomic mass is 32.1. The Labute approximate surface area is 117 Å². The quantitative estimate of drug-likeness (QED) is 0.889. The Morgan fingerprint density at radius 3 is 2.58 bits per heavy atom. The van der Waals surface area contributed by atoms with Gasteiger partial charge in [0.1, 0.15) is 0 Å². The van der Waals surface area contributed by atoms with E-state index in [-0.39, 0.29) is 11.3 Å². The average molecular weight is 271 g/mol. The van der Waals surface area contributed by atoms with E-state index in [0.717, 1.165) is 12.1 Å². The summed E-state index contributed by atoms with van der Waals surface area (Å²) in [7, 11) is 0. The van der Waals surface area contributed by atoms with Crippen LogP contribution >= 0.6 is 11.3 Å². The third-order valence-electron chi connectivity index (χ3n) is 3.73. The second-order valence-electron chi connectivity index (χ2n) is 5.20. The van der Waals surface area contributed by atoms with Crippen LogP contribution in [0.1, 0.15) is 23.3 Å². The normalized spacial score (nSPS) is 16.0. The SMILES string of the molecule is O=C(Cc1ccccc1)NCC1(c2cccs2)CC1. The molecule has 2 aromatic rings. The second-order valence-corrected chi connectivity index (χ2v) is 6.14. The monoisotopic (exact) mass is 271 g/mol. The van der Waals surface area contributed by atoms with Gasteiger partial charge in [0.15, 0.2) is 0 Å². The molecule has 1 heterocycles. The molecule has 0 bridgehead atoms. The van der Waals surface area contributed by atoms with Crippen LogP contribution in [-0.2, 0) is 16.6 Å². The molecule has 3 heteroatoms. The number of carbonyl (C=O) groups excluding carboxylic acids is 1. The molecule has 0 unspecified atom stereocenters. The summed E-state index contributed by atoms with van der Waals surface area (Å²) in [6, 6.07) is 14.2. The smallest absolute Gasteiger partial charge is 0.224 e. The molecule has 1 aliphatic rings. The first-order valence-corrected chi connectivity index (χ1v) is 7.51. The van der Waals surface area contributed by atoms with Crippen molar-refractivity contribution in [2.45, 2.75) is 24.7 Å². The number of amides is 1. The standard InChI is InChI=1S/C16H17NOS/c18-15(11-13-5-2-1-3-6-13)17-12-16(8-9-16)14-7-4-10-19-14/h1-7,10H,8-9,11-12H2,(H,17,18). The molecule has 1 saturated carbocycles. The van der Waals surface area contributed by atoms with Gasteiger partial charge in [-0.2, -0.15) is 0 Å². The van der Waals surface area contributed by atoms with Gasteiger partial charge in [-0.15, -0.1) is 11.3 Å². The molecule has 0 saturated heterocycles. The van der Waals surface area contributed by atoms with Crippen LogP contribution in [-0.4, -0.2) is 12.5 Å². The van der Waals surface area contributed by atoms with Gasteiger partial charge in [-0.25, -0.2) is 0 Å². The number of hydrogen-bond acceptors (Lipinski definition) is 2. The molecule has 0 atom stereocenters. The van der Waals surface area contributed by atoms with E-state index in [0.29, 0.717) is 6.42 Å². The van der Waals surface area contributed by atoms with Crippen LogP contribution in [0.5, 0.6) is 0 Å². The first-order chi connectivity index (χ1) is 9.28. The zero-order valence-corrected chi connectivity index (χ0v) is 11.6. The van der Waals surface area contributed by atoms with E-state index in [2.05, 4.69) is 22.8 Å². The Hall–Kier alpha value is -1.61. The fraction of sp³-hybridized carbons (Fsp3) is 0.312. The predicted octanol–water partition coefficient (Wildman–Crippen LogP) is 3.14. The first kappa shape index (κ1) is 12.4. The molecule has 1 N–H and O–H groups in total. The highest BCUT2D eigenvalue weighted by Crippen LogP contribution is 2.49. The first-order valence-electron chi connectivity index (χ1n) is 6.63. The molecule has 1 amide bonds. The van der Waals surface area contributed by atoms with Gasteiger partial charge in [0.25, 0.3) is 0 Å². The molecule has 0 spiro atoms. The van der Waals surface area contributed by atoms with Gasteiger partial charge in [0, 0.05) is 16.8 Å². The van der Waals surface area contributed by atoms with E-state index < -0.39 is 0 Å². The lowest BCUT2D eigenvalue weighted by Crippen LogP contribution is -2.32. The number of rotatable bonds is 5. The fourth-order valence-electron chi connectivity index (χ4n) is 2.35. The minimum atomic E-state index is 0.119. The van der Waals surface area contributed by atoms with E-state index in [4.69, 9.17) is 0 Å². The van der Waals surface area contributed by atoms with Crippen LogP contribution in [0.25, 0.3) is 0 Å².